The van der Waals surface area contributed by atoms with Crippen LogP contribution in [0.15, 0.2) is 91.3 Å². The van der Waals surface area contributed by atoms with Crippen molar-refractivity contribution in [2.45, 2.75) is 12.1 Å². The maximum atomic E-state index is 10.6. The zero-order chi connectivity index (χ0) is 22.1. The first-order chi connectivity index (χ1) is 15.7. The maximum Gasteiger partial charge on any atom is 0.174 e. The van der Waals surface area contributed by atoms with E-state index in [1.807, 2.05) is 71.8 Å². The van der Waals surface area contributed by atoms with Gasteiger partial charge in [-0.15, -0.1) is 0 Å². The number of aromatic hydroxyl groups is 1. The first kappa shape index (κ1) is 20.1. The Morgan fingerprint density at radius 1 is 1.00 bits per heavy atom. The Balaban J connectivity index is 1.68. The third kappa shape index (κ3) is 3.46. The smallest absolute Gasteiger partial charge is 0.174 e. The van der Waals surface area contributed by atoms with E-state index >= 15 is 0 Å². The van der Waals surface area contributed by atoms with Crippen LogP contribution in [0.3, 0.4) is 0 Å². The minimum Gasteiger partial charge on any atom is -0.506 e. The van der Waals surface area contributed by atoms with Crippen LogP contribution in [0.25, 0.3) is 5.69 Å². The number of phenols is 1. The molecule has 32 heavy (non-hydrogen) atoms. The normalized spacial score (nSPS) is 17.9. The van der Waals surface area contributed by atoms with Gasteiger partial charge in [-0.3, -0.25) is 4.98 Å². The Morgan fingerprint density at radius 3 is 2.62 bits per heavy atom. The molecule has 2 aromatic carbocycles. The third-order valence-corrected chi connectivity index (χ3v) is 5.97. The summed E-state index contributed by atoms with van der Waals surface area (Å²) in [5.74, 6) is 0.948. The molecule has 1 aliphatic heterocycles. The molecule has 1 saturated heterocycles. The van der Waals surface area contributed by atoms with Gasteiger partial charge in [-0.05, 0) is 60.7 Å². The van der Waals surface area contributed by atoms with Crippen molar-refractivity contribution >= 4 is 23.0 Å². The first-order valence-electron chi connectivity index (χ1n) is 10.3. The molecule has 0 amide bonds. The van der Waals surface area contributed by atoms with Gasteiger partial charge >= 0.3 is 0 Å². The molecule has 0 unspecified atom stereocenters. The number of nitrogens with one attached hydrogen (secondary N) is 1. The molecule has 7 heteroatoms. The predicted molar refractivity (Wildman–Crippen MR) is 128 cm³/mol. The van der Waals surface area contributed by atoms with Gasteiger partial charge in [0.1, 0.15) is 17.5 Å². The molecule has 5 rings (SSSR count). The lowest BCUT2D eigenvalue weighted by molar-refractivity contribution is 0.414. The van der Waals surface area contributed by atoms with Crippen LogP contribution in [0.4, 0.5) is 5.69 Å². The number of phenolic OH excluding ortho intramolecular Hbond substituents is 1. The Morgan fingerprint density at radius 2 is 1.84 bits per heavy atom. The molecular formula is C25H22N4O2S. The van der Waals surface area contributed by atoms with Crippen molar-refractivity contribution in [3.63, 3.8) is 0 Å². The summed E-state index contributed by atoms with van der Waals surface area (Å²) in [5, 5.41) is 14.6. The Bertz CT molecular complexity index is 1260. The minimum atomic E-state index is -0.244. The standard InChI is InChI=1S/C25H22N4O2S/c1-31-18-9-6-8-17(16-18)28-15-7-12-21(28)24-23(19-10-4-5-14-26-19)27-25(32)29(24)20-11-2-3-13-22(20)30/h2-16,23-24,30H,1H3,(H,27,32)/t23-,24-/m1/s1. The molecule has 160 valence electrons. The molecule has 0 spiro atoms. The zero-order valence-corrected chi connectivity index (χ0v) is 18.2. The summed E-state index contributed by atoms with van der Waals surface area (Å²) in [6.45, 7) is 0. The van der Waals surface area contributed by atoms with E-state index in [1.54, 1.807) is 25.4 Å². The van der Waals surface area contributed by atoms with Crippen molar-refractivity contribution in [1.29, 1.82) is 0 Å². The van der Waals surface area contributed by atoms with Crippen molar-refractivity contribution in [3.05, 3.63) is 103 Å². The number of anilines is 1. The van der Waals surface area contributed by atoms with Crippen molar-refractivity contribution in [1.82, 2.24) is 14.9 Å². The molecule has 2 atom stereocenters. The Kier molecular flexibility index (Phi) is 5.25. The Hall–Kier alpha value is -3.84. The molecule has 0 bridgehead atoms. The number of para-hydroxylation sites is 2. The number of hydrogen-bond acceptors (Lipinski definition) is 4. The fourth-order valence-corrected chi connectivity index (χ4v) is 4.55. The summed E-state index contributed by atoms with van der Waals surface area (Å²) in [4.78, 5) is 6.56. The highest BCUT2D eigenvalue weighted by atomic mass is 32.1. The number of ether oxygens (including phenoxy) is 1. The molecule has 1 aliphatic rings. The van der Waals surface area contributed by atoms with Crippen LogP contribution in [0.2, 0.25) is 0 Å². The molecule has 0 saturated carbocycles. The van der Waals surface area contributed by atoms with Crippen molar-refractivity contribution in [2.75, 3.05) is 12.0 Å². The average Bonchev–Trinajstić information content (AvgIpc) is 3.44. The van der Waals surface area contributed by atoms with Crippen molar-refractivity contribution in [2.24, 2.45) is 0 Å². The van der Waals surface area contributed by atoms with Crippen molar-refractivity contribution < 1.29 is 9.84 Å². The molecule has 4 aromatic rings. The molecule has 1 fully saturated rings. The van der Waals surface area contributed by atoms with E-state index in [2.05, 4.69) is 20.9 Å². The van der Waals surface area contributed by atoms with E-state index in [4.69, 9.17) is 17.0 Å². The summed E-state index contributed by atoms with van der Waals surface area (Å²) < 4.78 is 7.55. The summed E-state index contributed by atoms with van der Waals surface area (Å²) >= 11 is 5.76. The van der Waals surface area contributed by atoms with Crippen LogP contribution in [-0.2, 0) is 0 Å². The van der Waals surface area contributed by atoms with Gasteiger partial charge in [-0.25, -0.2) is 0 Å². The van der Waals surface area contributed by atoms with Crippen LogP contribution in [-0.4, -0.2) is 26.9 Å². The van der Waals surface area contributed by atoms with Gasteiger partial charge in [0.2, 0.25) is 0 Å². The lowest BCUT2D eigenvalue weighted by Gasteiger charge is -2.29. The van der Waals surface area contributed by atoms with Gasteiger partial charge < -0.3 is 24.6 Å². The lowest BCUT2D eigenvalue weighted by Crippen LogP contribution is -2.30. The van der Waals surface area contributed by atoms with E-state index in [0.717, 1.165) is 22.8 Å². The fourth-order valence-electron chi connectivity index (χ4n) is 4.21. The van der Waals surface area contributed by atoms with E-state index in [-0.39, 0.29) is 17.8 Å². The van der Waals surface area contributed by atoms with E-state index in [9.17, 15) is 5.11 Å². The number of aromatic nitrogens is 2. The fraction of sp³-hybridized carbons (Fsp3) is 0.120. The van der Waals surface area contributed by atoms with Gasteiger partial charge in [-0.1, -0.05) is 24.3 Å². The van der Waals surface area contributed by atoms with Crippen molar-refractivity contribution in [3.8, 4) is 17.2 Å². The number of nitrogens with zero attached hydrogens (tertiary/aromatic N) is 3. The third-order valence-electron chi connectivity index (χ3n) is 5.65. The number of thiocarbonyl (C=S) groups is 1. The molecule has 2 aromatic heterocycles. The molecular weight excluding hydrogens is 420 g/mol. The summed E-state index contributed by atoms with van der Waals surface area (Å²) in [7, 11) is 1.66. The molecule has 3 heterocycles. The molecule has 0 radical (unpaired) electrons. The summed E-state index contributed by atoms with van der Waals surface area (Å²) in [6.07, 6.45) is 3.80. The van der Waals surface area contributed by atoms with Crippen LogP contribution < -0.4 is 15.0 Å². The van der Waals surface area contributed by atoms with E-state index in [0.29, 0.717) is 10.8 Å². The minimum absolute atomic E-state index is 0.169. The summed E-state index contributed by atoms with van der Waals surface area (Å²) in [6, 6.07) is 24.6. The Labute approximate surface area is 191 Å². The quantitative estimate of drug-likeness (QED) is 0.435. The van der Waals surface area contributed by atoms with Gasteiger partial charge in [0.25, 0.3) is 0 Å². The van der Waals surface area contributed by atoms with E-state index < -0.39 is 0 Å². The second kappa shape index (κ2) is 8.36. The highest BCUT2D eigenvalue weighted by molar-refractivity contribution is 7.80. The van der Waals surface area contributed by atoms with Crippen LogP contribution in [0.1, 0.15) is 23.5 Å². The lowest BCUT2D eigenvalue weighted by atomic mass is 10.0. The van der Waals surface area contributed by atoms with Gasteiger partial charge in [0.05, 0.1) is 24.5 Å². The largest absolute Gasteiger partial charge is 0.506 e. The predicted octanol–water partition coefficient (Wildman–Crippen LogP) is 4.76. The SMILES string of the molecule is COc1cccc(-n2cccc2[C@@H]2[C@@H](c3ccccn3)NC(=S)N2c2ccccc2O)c1. The second-order valence-corrected chi connectivity index (χ2v) is 7.88. The van der Waals surface area contributed by atoms with Gasteiger partial charge in [0, 0.05) is 29.8 Å². The van der Waals surface area contributed by atoms with Gasteiger partial charge in [-0.2, -0.15) is 0 Å². The zero-order valence-electron chi connectivity index (χ0n) is 17.4. The number of pyridine rings is 1. The molecule has 2 N–H and O–H groups in total. The van der Waals surface area contributed by atoms with Gasteiger partial charge in [0.15, 0.2) is 5.11 Å². The maximum absolute atomic E-state index is 10.6. The highest BCUT2D eigenvalue weighted by Gasteiger charge is 2.42. The molecule has 6 nitrogen and oxygen atoms in total. The number of rotatable bonds is 5. The second-order valence-electron chi connectivity index (χ2n) is 7.49. The van der Waals surface area contributed by atoms with E-state index in [1.165, 1.54) is 0 Å². The number of methoxy groups -OCH3 is 1. The van der Waals surface area contributed by atoms with Crippen LogP contribution in [0.5, 0.6) is 11.5 Å². The van der Waals surface area contributed by atoms with Crippen LogP contribution >= 0.6 is 12.2 Å². The number of benzene rings is 2. The first-order valence-corrected chi connectivity index (χ1v) is 10.7. The monoisotopic (exact) mass is 442 g/mol. The van der Waals surface area contributed by atoms with Crippen LogP contribution in [0, 0.1) is 0 Å². The topological polar surface area (TPSA) is 62.5 Å². The number of hydrogen-bond donors (Lipinski definition) is 2. The summed E-state index contributed by atoms with van der Waals surface area (Å²) in [5.41, 5.74) is 3.49. The molecule has 0 aliphatic carbocycles. The average molecular weight is 443 g/mol. The highest BCUT2D eigenvalue weighted by Crippen LogP contribution is 2.44.